The second-order valence-corrected chi connectivity index (χ2v) is 6.08. The highest BCUT2D eigenvalue weighted by Gasteiger charge is 2.26. The number of nitrogens with zero attached hydrogens (tertiary/aromatic N) is 1. The maximum atomic E-state index is 12.2. The van der Waals surface area contributed by atoms with Crippen LogP contribution in [0.1, 0.15) is 19.4 Å². The van der Waals surface area contributed by atoms with E-state index < -0.39 is 5.97 Å². The van der Waals surface area contributed by atoms with Crippen LogP contribution in [0.15, 0.2) is 18.2 Å². The molecule has 1 saturated heterocycles. The first-order valence-electron chi connectivity index (χ1n) is 8.22. The molecule has 1 aliphatic heterocycles. The number of carbonyl (C=O) groups is 2. The van der Waals surface area contributed by atoms with Crippen molar-refractivity contribution >= 4 is 11.9 Å². The first-order valence-corrected chi connectivity index (χ1v) is 8.22. The van der Waals surface area contributed by atoms with Crippen LogP contribution in [-0.2, 0) is 25.5 Å². The van der Waals surface area contributed by atoms with E-state index in [2.05, 4.69) is 0 Å². The Morgan fingerprint density at radius 3 is 2.36 bits per heavy atom. The predicted octanol–water partition coefficient (Wildman–Crippen LogP) is 1.43. The van der Waals surface area contributed by atoms with Gasteiger partial charge in [-0.1, -0.05) is 6.07 Å². The van der Waals surface area contributed by atoms with Gasteiger partial charge in [-0.25, -0.2) is 0 Å². The first kappa shape index (κ1) is 19.1. The van der Waals surface area contributed by atoms with E-state index in [4.69, 9.17) is 18.9 Å². The van der Waals surface area contributed by atoms with Crippen LogP contribution in [0.25, 0.3) is 0 Å². The Morgan fingerprint density at radius 1 is 1.12 bits per heavy atom. The van der Waals surface area contributed by atoms with Gasteiger partial charge in [0.1, 0.15) is 0 Å². The minimum absolute atomic E-state index is 0.0184. The number of amides is 1. The molecule has 1 aliphatic rings. The molecule has 0 aromatic heterocycles. The Labute approximate surface area is 147 Å². The Bertz CT molecular complexity index is 608. The van der Waals surface area contributed by atoms with E-state index in [9.17, 15) is 9.59 Å². The Morgan fingerprint density at radius 2 is 1.76 bits per heavy atom. The van der Waals surface area contributed by atoms with Gasteiger partial charge in [-0.15, -0.1) is 0 Å². The molecule has 0 aliphatic carbocycles. The molecule has 2 rings (SSSR count). The smallest absolute Gasteiger partial charge is 0.310 e. The van der Waals surface area contributed by atoms with Crippen LogP contribution in [0.3, 0.4) is 0 Å². The third-order valence-corrected chi connectivity index (χ3v) is 3.93. The summed E-state index contributed by atoms with van der Waals surface area (Å²) in [6.07, 6.45) is 0.0223. The summed E-state index contributed by atoms with van der Waals surface area (Å²) in [7, 11) is 3.08. The molecular weight excluding hydrogens is 326 g/mol. The molecule has 1 amide bonds. The van der Waals surface area contributed by atoms with Crippen molar-refractivity contribution in [2.75, 3.05) is 33.9 Å². The first-order chi connectivity index (χ1) is 11.9. The highest BCUT2D eigenvalue weighted by Crippen LogP contribution is 2.27. The molecule has 1 aromatic rings. The van der Waals surface area contributed by atoms with Gasteiger partial charge >= 0.3 is 5.97 Å². The fourth-order valence-corrected chi connectivity index (χ4v) is 2.82. The third-order valence-electron chi connectivity index (χ3n) is 3.93. The lowest BCUT2D eigenvalue weighted by Gasteiger charge is -2.35. The molecular formula is C18H25NO6. The summed E-state index contributed by atoms with van der Waals surface area (Å²) >= 11 is 0. The van der Waals surface area contributed by atoms with Crippen molar-refractivity contribution < 1.29 is 28.5 Å². The average molecular weight is 351 g/mol. The zero-order chi connectivity index (χ0) is 18.4. The molecule has 0 unspecified atom stereocenters. The quantitative estimate of drug-likeness (QED) is 0.722. The SMILES string of the molecule is COc1ccc(CC(=O)OCC(=O)N2C[C@@H](C)O[C@H](C)C2)cc1OC. The maximum Gasteiger partial charge on any atom is 0.310 e. The number of hydrogen-bond donors (Lipinski definition) is 0. The lowest BCUT2D eigenvalue weighted by molar-refractivity contribution is -0.156. The van der Waals surface area contributed by atoms with Gasteiger partial charge in [0, 0.05) is 13.1 Å². The molecule has 0 bridgehead atoms. The number of morpholine rings is 1. The molecule has 1 fully saturated rings. The van der Waals surface area contributed by atoms with Crippen molar-refractivity contribution in [2.24, 2.45) is 0 Å². The van der Waals surface area contributed by atoms with Crippen LogP contribution in [0.4, 0.5) is 0 Å². The van der Waals surface area contributed by atoms with Gasteiger partial charge in [0.05, 0.1) is 32.8 Å². The van der Waals surface area contributed by atoms with Gasteiger partial charge in [0.15, 0.2) is 18.1 Å². The number of carbonyl (C=O) groups excluding carboxylic acids is 2. The standard InChI is InChI=1S/C18H25NO6/c1-12-9-19(10-13(2)25-12)17(20)11-24-18(21)8-14-5-6-15(22-3)16(7-14)23-4/h5-7,12-13H,8-11H2,1-4H3/t12-,13-/m1/s1. The summed E-state index contributed by atoms with van der Waals surface area (Å²) in [5.41, 5.74) is 0.726. The van der Waals surface area contributed by atoms with Crippen molar-refractivity contribution in [1.82, 2.24) is 4.90 Å². The number of rotatable bonds is 6. The monoisotopic (exact) mass is 351 g/mol. The van der Waals surface area contributed by atoms with Crippen LogP contribution in [0, 0.1) is 0 Å². The number of hydrogen-bond acceptors (Lipinski definition) is 6. The van der Waals surface area contributed by atoms with Crippen molar-refractivity contribution in [3.63, 3.8) is 0 Å². The number of methoxy groups -OCH3 is 2. The third kappa shape index (κ3) is 5.35. The number of ether oxygens (including phenoxy) is 4. The summed E-state index contributed by atoms with van der Waals surface area (Å²) in [5.74, 6) is 0.461. The average Bonchev–Trinajstić information content (AvgIpc) is 2.58. The summed E-state index contributed by atoms with van der Waals surface area (Å²) in [6, 6.07) is 5.20. The zero-order valence-electron chi connectivity index (χ0n) is 15.1. The minimum Gasteiger partial charge on any atom is -0.493 e. The zero-order valence-corrected chi connectivity index (χ0v) is 15.1. The largest absolute Gasteiger partial charge is 0.493 e. The molecule has 0 spiro atoms. The van der Waals surface area contributed by atoms with Crippen molar-refractivity contribution in [3.05, 3.63) is 23.8 Å². The van der Waals surface area contributed by atoms with Gasteiger partial charge in [0.2, 0.25) is 0 Å². The van der Waals surface area contributed by atoms with Crippen molar-refractivity contribution in [3.8, 4) is 11.5 Å². The fourth-order valence-electron chi connectivity index (χ4n) is 2.82. The highest BCUT2D eigenvalue weighted by atomic mass is 16.5. The number of esters is 1. The van der Waals surface area contributed by atoms with E-state index in [0.717, 1.165) is 5.56 Å². The van der Waals surface area contributed by atoms with E-state index in [1.54, 1.807) is 30.2 Å². The van der Waals surface area contributed by atoms with E-state index in [1.807, 2.05) is 13.8 Å². The Balaban J connectivity index is 1.85. The van der Waals surface area contributed by atoms with Gasteiger partial charge in [-0.2, -0.15) is 0 Å². The molecule has 2 atom stereocenters. The maximum absolute atomic E-state index is 12.2. The van der Waals surface area contributed by atoms with E-state index in [1.165, 1.54) is 7.11 Å². The summed E-state index contributed by atoms with van der Waals surface area (Å²) in [4.78, 5) is 25.8. The second kappa shape index (κ2) is 8.71. The van der Waals surface area contributed by atoms with Crippen LogP contribution in [0.2, 0.25) is 0 Å². The van der Waals surface area contributed by atoms with Crippen LogP contribution in [-0.4, -0.2) is 62.9 Å². The minimum atomic E-state index is -0.463. The lowest BCUT2D eigenvalue weighted by atomic mass is 10.1. The summed E-state index contributed by atoms with van der Waals surface area (Å²) < 4.78 is 21.1. The molecule has 0 N–H and O–H groups in total. The van der Waals surface area contributed by atoms with Gasteiger partial charge in [0.25, 0.3) is 5.91 Å². The molecule has 7 nitrogen and oxygen atoms in total. The second-order valence-electron chi connectivity index (χ2n) is 6.08. The molecule has 7 heteroatoms. The Kier molecular flexibility index (Phi) is 6.64. The van der Waals surface area contributed by atoms with E-state index in [0.29, 0.717) is 24.6 Å². The molecule has 0 saturated carbocycles. The summed E-state index contributed by atoms with van der Waals surface area (Å²) in [6.45, 7) is 4.59. The summed E-state index contributed by atoms with van der Waals surface area (Å²) in [5, 5.41) is 0. The fraction of sp³-hybridized carbons (Fsp3) is 0.556. The molecule has 138 valence electrons. The topological polar surface area (TPSA) is 74.3 Å². The van der Waals surface area contributed by atoms with Crippen LogP contribution >= 0.6 is 0 Å². The van der Waals surface area contributed by atoms with E-state index >= 15 is 0 Å². The predicted molar refractivity (Wildman–Crippen MR) is 90.8 cm³/mol. The van der Waals surface area contributed by atoms with E-state index in [-0.39, 0.29) is 31.1 Å². The number of benzene rings is 1. The van der Waals surface area contributed by atoms with Gasteiger partial charge < -0.3 is 23.8 Å². The van der Waals surface area contributed by atoms with Crippen LogP contribution in [0.5, 0.6) is 11.5 Å². The molecule has 0 radical (unpaired) electrons. The van der Waals surface area contributed by atoms with Crippen molar-refractivity contribution in [1.29, 1.82) is 0 Å². The normalized spacial score (nSPS) is 20.1. The lowest BCUT2D eigenvalue weighted by Crippen LogP contribution is -2.49. The highest BCUT2D eigenvalue weighted by molar-refractivity contribution is 5.81. The van der Waals surface area contributed by atoms with Crippen molar-refractivity contribution in [2.45, 2.75) is 32.5 Å². The van der Waals surface area contributed by atoms with Gasteiger partial charge in [-0.3, -0.25) is 9.59 Å². The van der Waals surface area contributed by atoms with Crippen LogP contribution < -0.4 is 9.47 Å². The molecule has 1 heterocycles. The Hall–Kier alpha value is -2.28. The van der Waals surface area contributed by atoms with Gasteiger partial charge in [-0.05, 0) is 31.5 Å². The molecule has 25 heavy (non-hydrogen) atoms. The molecule has 1 aromatic carbocycles.